The highest BCUT2D eigenvalue weighted by Crippen LogP contribution is 2.34. The van der Waals surface area contributed by atoms with E-state index in [-0.39, 0.29) is 37.2 Å². The summed E-state index contributed by atoms with van der Waals surface area (Å²) < 4.78 is 70.7. The van der Waals surface area contributed by atoms with Crippen molar-refractivity contribution >= 4 is 27.7 Å². The molecule has 0 spiro atoms. The van der Waals surface area contributed by atoms with Crippen LogP contribution in [0.25, 0.3) is 0 Å². The summed E-state index contributed by atoms with van der Waals surface area (Å²) in [6, 6.07) is 2.01. The number of amides is 2. The van der Waals surface area contributed by atoms with Crippen LogP contribution in [0.3, 0.4) is 0 Å². The number of carbonyl (C=O) groups is 1. The minimum absolute atomic E-state index is 0.0228. The molecule has 0 aliphatic carbocycles. The van der Waals surface area contributed by atoms with Gasteiger partial charge in [0, 0.05) is 39.3 Å². The largest absolute Gasteiger partial charge is 0.416 e. The van der Waals surface area contributed by atoms with Crippen LogP contribution < -0.4 is 0 Å². The van der Waals surface area contributed by atoms with E-state index in [1.54, 1.807) is 4.90 Å². The lowest BCUT2D eigenvalue weighted by Crippen LogP contribution is -2.55. The molecule has 1 aromatic rings. The highest BCUT2D eigenvalue weighted by atomic mass is 35.5. The number of urea groups is 1. The van der Waals surface area contributed by atoms with Crippen LogP contribution >= 0.6 is 11.6 Å². The number of piperazine rings is 1. The van der Waals surface area contributed by atoms with Gasteiger partial charge in [-0.05, 0) is 18.2 Å². The molecule has 28 heavy (non-hydrogen) atoms. The minimum Gasteiger partial charge on any atom is -0.378 e. The molecule has 0 unspecified atom stereocenters. The molecule has 2 aliphatic heterocycles. The second-order valence-electron chi connectivity index (χ2n) is 6.42. The van der Waals surface area contributed by atoms with Gasteiger partial charge in [-0.3, -0.25) is 0 Å². The van der Waals surface area contributed by atoms with E-state index in [9.17, 15) is 26.4 Å². The van der Waals surface area contributed by atoms with E-state index in [1.807, 2.05) is 0 Å². The molecule has 7 nitrogen and oxygen atoms in total. The Balaban J connectivity index is 1.72. The zero-order chi connectivity index (χ0) is 20.5. The van der Waals surface area contributed by atoms with Gasteiger partial charge in [-0.1, -0.05) is 11.6 Å². The second-order valence-corrected chi connectivity index (χ2v) is 8.73. The first kappa shape index (κ1) is 21.2. The number of alkyl halides is 3. The molecule has 156 valence electrons. The van der Waals surface area contributed by atoms with Crippen molar-refractivity contribution in [3.63, 3.8) is 0 Å². The SMILES string of the molecule is O=C(N1CCOCC1)N1CCN(S(=O)(=O)c2cc(C(F)(F)F)ccc2Cl)CC1. The van der Waals surface area contributed by atoms with Crippen LogP contribution in [0.5, 0.6) is 0 Å². The number of hydrogen-bond donors (Lipinski definition) is 0. The van der Waals surface area contributed by atoms with Crippen molar-refractivity contribution in [2.24, 2.45) is 0 Å². The number of nitrogens with zero attached hydrogens (tertiary/aromatic N) is 3. The maximum Gasteiger partial charge on any atom is 0.416 e. The molecule has 0 radical (unpaired) electrons. The predicted octanol–water partition coefficient (Wildman–Crippen LogP) is 2.12. The summed E-state index contributed by atoms with van der Waals surface area (Å²) in [6.45, 7) is 2.09. The van der Waals surface area contributed by atoms with Gasteiger partial charge in [0.15, 0.2) is 0 Å². The van der Waals surface area contributed by atoms with E-state index < -0.39 is 26.7 Å². The summed E-state index contributed by atoms with van der Waals surface area (Å²) in [5, 5.41) is -0.278. The van der Waals surface area contributed by atoms with Gasteiger partial charge in [-0.25, -0.2) is 13.2 Å². The van der Waals surface area contributed by atoms with Gasteiger partial charge in [0.1, 0.15) is 4.90 Å². The van der Waals surface area contributed by atoms with Crippen LogP contribution in [-0.2, 0) is 20.9 Å². The molecule has 1 aromatic carbocycles. The molecule has 3 rings (SSSR count). The first-order chi connectivity index (χ1) is 13.1. The maximum absolute atomic E-state index is 12.9. The van der Waals surface area contributed by atoms with Gasteiger partial charge in [0.05, 0.1) is 23.8 Å². The monoisotopic (exact) mass is 441 g/mol. The fraction of sp³-hybridized carbons (Fsp3) is 0.562. The molecule has 2 amide bonds. The molecule has 0 saturated carbocycles. The molecule has 2 saturated heterocycles. The number of ether oxygens (including phenoxy) is 1. The van der Waals surface area contributed by atoms with E-state index in [0.717, 1.165) is 16.4 Å². The Morgan fingerprint density at radius 2 is 1.57 bits per heavy atom. The van der Waals surface area contributed by atoms with Gasteiger partial charge in [0.2, 0.25) is 10.0 Å². The van der Waals surface area contributed by atoms with E-state index in [2.05, 4.69) is 0 Å². The van der Waals surface area contributed by atoms with E-state index in [1.165, 1.54) is 4.90 Å². The fourth-order valence-corrected chi connectivity index (χ4v) is 5.01. The Hall–Kier alpha value is -1.56. The second kappa shape index (κ2) is 8.05. The summed E-state index contributed by atoms with van der Waals surface area (Å²) in [5.41, 5.74) is -1.09. The lowest BCUT2D eigenvalue weighted by Gasteiger charge is -2.38. The van der Waals surface area contributed by atoms with E-state index in [0.29, 0.717) is 32.4 Å². The molecule has 0 bridgehead atoms. The summed E-state index contributed by atoms with van der Waals surface area (Å²) in [5.74, 6) is 0. The Morgan fingerprint density at radius 3 is 2.14 bits per heavy atom. The van der Waals surface area contributed by atoms with Crippen molar-refractivity contribution in [2.75, 3.05) is 52.5 Å². The third-order valence-corrected chi connectivity index (χ3v) is 7.05. The van der Waals surface area contributed by atoms with Crippen LogP contribution in [-0.4, -0.2) is 81.0 Å². The van der Waals surface area contributed by atoms with Crippen molar-refractivity contribution in [2.45, 2.75) is 11.1 Å². The zero-order valence-corrected chi connectivity index (χ0v) is 16.4. The average Bonchev–Trinajstić information content (AvgIpc) is 2.67. The number of morpholine rings is 1. The highest BCUT2D eigenvalue weighted by Gasteiger charge is 2.36. The number of rotatable bonds is 2. The van der Waals surface area contributed by atoms with Gasteiger partial charge in [0.25, 0.3) is 0 Å². The van der Waals surface area contributed by atoms with E-state index >= 15 is 0 Å². The molecule has 2 heterocycles. The third-order valence-electron chi connectivity index (χ3n) is 4.67. The summed E-state index contributed by atoms with van der Waals surface area (Å²) >= 11 is 5.87. The van der Waals surface area contributed by atoms with Gasteiger partial charge < -0.3 is 14.5 Å². The molecular weight excluding hydrogens is 423 g/mol. The quantitative estimate of drug-likeness (QED) is 0.705. The molecule has 2 fully saturated rings. The third kappa shape index (κ3) is 4.37. The Morgan fingerprint density at radius 1 is 1.00 bits per heavy atom. The maximum atomic E-state index is 12.9. The predicted molar refractivity (Wildman–Crippen MR) is 94.6 cm³/mol. The molecule has 0 atom stereocenters. The standard InChI is InChI=1S/C16H19ClF3N3O4S/c17-13-2-1-12(16(18,19)20)11-14(13)28(25,26)23-5-3-21(4-6-23)15(24)22-7-9-27-10-8-22/h1-2,11H,3-10H2. The topological polar surface area (TPSA) is 70.2 Å². The number of benzene rings is 1. The van der Waals surface area contributed by atoms with Crippen molar-refractivity contribution in [3.8, 4) is 0 Å². The fourth-order valence-electron chi connectivity index (χ4n) is 3.09. The van der Waals surface area contributed by atoms with Gasteiger partial charge in [-0.15, -0.1) is 0 Å². The minimum atomic E-state index is -4.68. The molecular formula is C16H19ClF3N3O4S. The van der Waals surface area contributed by atoms with Crippen molar-refractivity contribution in [3.05, 3.63) is 28.8 Å². The molecule has 12 heteroatoms. The number of hydrogen-bond acceptors (Lipinski definition) is 4. The Kier molecular flexibility index (Phi) is 6.08. The van der Waals surface area contributed by atoms with Crippen molar-refractivity contribution in [1.82, 2.24) is 14.1 Å². The van der Waals surface area contributed by atoms with Crippen molar-refractivity contribution < 1.29 is 31.1 Å². The smallest absolute Gasteiger partial charge is 0.378 e. The number of halogens is 4. The van der Waals surface area contributed by atoms with Crippen LogP contribution in [0.2, 0.25) is 5.02 Å². The zero-order valence-electron chi connectivity index (χ0n) is 14.8. The molecule has 0 aromatic heterocycles. The normalized spacial score (nSPS) is 19.7. The van der Waals surface area contributed by atoms with Crippen LogP contribution in [0.15, 0.2) is 23.1 Å². The Labute approximate surface area is 165 Å². The summed E-state index contributed by atoms with van der Waals surface area (Å²) in [4.78, 5) is 15.1. The highest BCUT2D eigenvalue weighted by molar-refractivity contribution is 7.89. The lowest BCUT2D eigenvalue weighted by atomic mass is 10.2. The van der Waals surface area contributed by atoms with E-state index in [4.69, 9.17) is 16.3 Å². The first-order valence-electron chi connectivity index (χ1n) is 8.59. The van der Waals surface area contributed by atoms with Crippen LogP contribution in [0, 0.1) is 0 Å². The van der Waals surface area contributed by atoms with Gasteiger partial charge in [-0.2, -0.15) is 17.5 Å². The van der Waals surface area contributed by atoms with Crippen LogP contribution in [0.1, 0.15) is 5.56 Å². The van der Waals surface area contributed by atoms with Crippen molar-refractivity contribution in [1.29, 1.82) is 0 Å². The summed E-state index contributed by atoms with van der Waals surface area (Å²) in [7, 11) is -4.22. The van der Waals surface area contributed by atoms with Gasteiger partial charge >= 0.3 is 12.2 Å². The lowest BCUT2D eigenvalue weighted by molar-refractivity contribution is -0.137. The molecule has 0 N–H and O–H groups in total. The average molecular weight is 442 g/mol. The number of sulfonamides is 1. The molecule has 2 aliphatic rings. The summed E-state index contributed by atoms with van der Waals surface area (Å²) in [6.07, 6.45) is -4.68. The number of carbonyl (C=O) groups excluding carboxylic acids is 1. The first-order valence-corrected chi connectivity index (χ1v) is 10.4. The van der Waals surface area contributed by atoms with Crippen LogP contribution in [0.4, 0.5) is 18.0 Å². The Bertz CT molecular complexity index is 836.